The van der Waals surface area contributed by atoms with Crippen molar-refractivity contribution in [1.29, 1.82) is 0 Å². The molecule has 1 aromatic heterocycles. The lowest BCUT2D eigenvalue weighted by molar-refractivity contribution is -0.124. The van der Waals surface area contributed by atoms with Crippen molar-refractivity contribution in [3.63, 3.8) is 0 Å². The number of hydrogen-bond acceptors (Lipinski definition) is 4. The number of guanidine groups is 1. The fourth-order valence-corrected chi connectivity index (χ4v) is 2.31. The number of halogens is 2. The van der Waals surface area contributed by atoms with Crippen molar-refractivity contribution in [2.24, 2.45) is 4.99 Å². The van der Waals surface area contributed by atoms with Gasteiger partial charge in [-0.3, -0.25) is 14.7 Å². The van der Waals surface area contributed by atoms with Crippen molar-refractivity contribution in [3.05, 3.63) is 21.9 Å². The second-order valence-electron chi connectivity index (χ2n) is 3.91. The Morgan fingerprint density at radius 1 is 1.50 bits per heavy atom. The van der Waals surface area contributed by atoms with Gasteiger partial charge in [0.05, 0.1) is 17.3 Å². The fraction of sp³-hybridized carbons (Fsp3) is 0.364. The second-order valence-corrected chi connectivity index (χ2v) is 4.68. The lowest BCUT2D eigenvalue weighted by atomic mass is 10.3. The Hall–Kier alpha value is -1.33. The molecule has 0 spiro atoms. The van der Waals surface area contributed by atoms with E-state index in [1.54, 1.807) is 13.0 Å². The molecule has 2 heterocycles. The molecule has 1 amide bonds. The molecule has 1 N–H and O–H groups in total. The second kappa shape index (κ2) is 5.12. The molecule has 0 saturated carbocycles. The first-order valence-electron chi connectivity index (χ1n) is 5.41. The van der Waals surface area contributed by atoms with Crippen LogP contribution in [-0.2, 0) is 4.79 Å². The van der Waals surface area contributed by atoms with Crippen LogP contribution in [0, 0.1) is 6.92 Å². The molecule has 2 rings (SSSR count). The van der Waals surface area contributed by atoms with Crippen molar-refractivity contribution < 1.29 is 4.79 Å². The van der Waals surface area contributed by atoms with Gasteiger partial charge in [-0.05, 0) is 13.0 Å². The molecule has 0 aromatic carbocycles. The molecule has 5 nitrogen and oxygen atoms in total. The summed E-state index contributed by atoms with van der Waals surface area (Å²) in [5, 5.41) is 3.68. The van der Waals surface area contributed by atoms with Crippen LogP contribution in [0.25, 0.3) is 0 Å². The topological polar surface area (TPSA) is 57.6 Å². The van der Waals surface area contributed by atoms with Crippen molar-refractivity contribution >= 4 is 40.8 Å². The van der Waals surface area contributed by atoms with Gasteiger partial charge in [0.25, 0.3) is 0 Å². The van der Waals surface area contributed by atoms with Gasteiger partial charge >= 0.3 is 0 Å². The maximum Gasteiger partial charge on any atom is 0.226 e. The minimum absolute atomic E-state index is 0.0777. The largest absolute Gasteiger partial charge is 0.322 e. The number of amides is 1. The third kappa shape index (κ3) is 2.57. The SMILES string of the molecule is CC(=O)N1CCN=C1Nc1c(Cl)cc(C)nc1Cl. The van der Waals surface area contributed by atoms with Gasteiger partial charge < -0.3 is 5.32 Å². The molecule has 96 valence electrons. The van der Waals surface area contributed by atoms with E-state index in [1.165, 1.54) is 11.8 Å². The van der Waals surface area contributed by atoms with E-state index >= 15 is 0 Å². The number of aryl methyl sites for hydroxylation is 1. The molecule has 1 aromatic rings. The van der Waals surface area contributed by atoms with Crippen LogP contribution in [0.1, 0.15) is 12.6 Å². The average molecular weight is 287 g/mol. The van der Waals surface area contributed by atoms with Gasteiger partial charge in [0.15, 0.2) is 5.15 Å². The number of rotatable bonds is 1. The smallest absolute Gasteiger partial charge is 0.226 e. The molecule has 0 saturated heterocycles. The van der Waals surface area contributed by atoms with Crippen molar-refractivity contribution in [2.75, 3.05) is 18.4 Å². The summed E-state index contributed by atoms with van der Waals surface area (Å²) in [7, 11) is 0. The van der Waals surface area contributed by atoms with E-state index < -0.39 is 0 Å². The van der Waals surface area contributed by atoms with E-state index in [4.69, 9.17) is 23.2 Å². The summed E-state index contributed by atoms with van der Waals surface area (Å²) in [6.45, 7) is 4.41. The first-order chi connectivity index (χ1) is 8.49. The van der Waals surface area contributed by atoms with Gasteiger partial charge in [-0.1, -0.05) is 23.2 Å². The summed E-state index contributed by atoms with van der Waals surface area (Å²) in [5.41, 5.74) is 1.20. The Labute approximate surface area is 115 Å². The van der Waals surface area contributed by atoms with Crippen LogP contribution >= 0.6 is 23.2 Å². The molecule has 0 atom stereocenters. The number of pyridine rings is 1. The van der Waals surface area contributed by atoms with Crippen molar-refractivity contribution in [2.45, 2.75) is 13.8 Å². The third-order valence-electron chi connectivity index (χ3n) is 2.51. The Kier molecular flexibility index (Phi) is 3.73. The highest BCUT2D eigenvalue weighted by atomic mass is 35.5. The summed E-state index contributed by atoms with van der Waals surface area (Å²) in [6, 6.07) is 1.70. The molecule has 0 aliphatic carbocycles. The first kappa shape index (κ1) is 13.1. The Morgan fingerprint density at radius 3 is 2.83 bits per heavy atom. The normalized spacial score (nSPS) is 14.7. The predicted octanol–water partition coefficient (Wildman–Crippen LogP) is 2.33. The number of anilines is 1. The number of carbonyl (C=O) groups excluding carboxylic acids is 1. The van der Waals surface area contributed by atoms with E-state index in [2.05, 4.69) is 15.3 Å². The minimum atomic E-state index is -0.0777. The van der Waals surface area contributed by atoms with Gasteiger partial charge in [0, 0.05) is 19.2 Å². The lowest BCUT2D eigenvalue weighted by Gasteiger charge is -2.18. The van der Waals surface area contributed by atoms with Crippen LogP contribution in [0.3, 0.4) is 0 Å². The number of aromatic nitrogens is 1. The summed E-state index contributed by atoms with van der Waals surface area (Å²) < 4.78 is 0. The zero-order valence-electron chi connectivity index (χ0n) is 10.00. The van der Waals surface area contributed by atoms with Gasteiger partial charge in [0.1, 0.15) is 0 Å². The number of nitrogens with zero attached hydrogens (tertiary/aromatic N) is 3. The van der Waals surface area contributed by atoms with Gasteiger partial charge in [0.2, 0.25) is 11.9 Å². The molecular weight excluding hydrogens is 275 g/mol. The maximum atomic E-state index is 11.4. The monoisotopic (exact) mass is 286 g/mol. The molecule has 0 bridgehead atoms. The number of aliphatic imine (C=N–C) groups is 1. The third-order valence-corrected chi connectivity index (χ3v) is 3.08. The molecule has 0 radical (unpaired) electrons. The Balaban J connectivity index is 2.27. The summed E-state index contributed by atoms with van der Waals surface area (Å²) >= 11 is 12.1. The maximum absolute atomic E-state index is 11.4. The highest BCUT2D eigenvalue weighted by Gasteiger charge is 2.22. The highest BCUT2D eigenvalue weighted by Crippen LogP contribution is 2.29. The Morgan fingerprint density at radius 2 is 2.22 bits per heavy atom. The van der Waals surface area contributed by atoms with E-state index in [9.17, 15) is 4.79 Å². The molecule has 7 heteroatoms. The van der Waals surface area contributed by atoms with Crippen LogP contribution in [0.15, 0.2) is 11.1 Å². The number of carbonyl (C=O) groups is 1. The van der Waals surface area contributed by atoms with Gasteiger partial charge in [-0.2, -0.15) is 0 Å². The summed E-state index contributed by atoms with van der Waals surface area (Å²) in [4.78, 5) is 21.2. The highest BCUT2D eigenvalue weighted by molar-refractivity contribution is 6.39. The van der Waals surface area contributed by atoms with E-state index in [1.807, 2.05) is 0 Å². The predicted molar refractivity (Wildman–Crippen MR) is 72.3 cm³/mol. The van der Waals surface area contributed by atoms with Gasteiger partial charge in [-0.25, -0.2) is 4.98 Å². The molecule has 1 aliphatic heterocycles. The van der Waals surface area contributed by atoms with E-state index in [0.717, 1.165) is 5.69 Å². The quantitative estimate of drug-likeness (QED) is 0.806. The van der Waals surface area contributed by atoms with Crippen LogP contribution in [0.2, 0.25) is 10.2 Å². The number of hydrogen-bond donors (Lipinski definition) is 1. The average Bonchev–Trinajstić information content (AvgIpc) is 2.71. The van der Waals surface area contributed by atoms with E-state index in [-0.39, 0.29) is 11.1 Å². The molecule has 18 heavy (non-hydrogen) atoms. The van der Waals surface area contributed by atoms with Crippen LogP contribution in [0.5, 0.6) is 0 Å². The molecular formula is C11H12Cl2N4O. The first-order valence-corrected chi connectivity index (χ1v) is 6.17. The van der Waals surface area contributed by atoms with Crippen LogP contribution in [0.4, 0.5) is 5.69 Å². The van der Waals surface area contributed by atoms with E-state index in [0.29, 0.717) is 29.8 Å². The standard InChI is InChI=1S/C11H12Cl2N4O/c1-6-5-8(12)9(10(13)15-6)16-11-14-3-4-17(11)7(2)18/h5H,3-4H2,1-2H3,(H,14,16). The fourth-order valence-electron chi connectivity index (χ4n) is 1.68. The molecule has 0 unspecified atom stereocenters. The zero-order chi connectivity index (χ0) is 13.3. The lowest BCUT2D eigenvalue weighted by Crippen LogP contribution is -2.36. The summed E-state index contributed by atoms with van der Waals surface area (Å²) in [6.07, 6.45) is 0. The van der Waals surface area contributed by atoms with Crippen LogP contribution < -0.4 is 5.32 Å². The van der Waals surface area contributed by atoms with Crippen molar-refractivity contribution in [1.82, 2.24) is 9.88 Å². The molecule has 0 fully saturated rings. The Bertz CT molecular complexity index is 507. The number of nitrogens with one attached hydrogen (secondary N) is 1. The van der Waals surface area contributed by atoms with Gasteiger partial charge in [-0.15, -0.1) is 0 Å². The van der Waals surface area contributed by atoms with Crippen LogP contribution in [-0.4, -0.2) is 34.8 Å². The summed E-state index contributed by atoms with van der Waals surface area (Å²) in [5.74, 6) is 0.378. The van der Waals surface area contributed by atoms with Crippen molar-refractivity contribution in [3.8, 4) is 0 Å². The molecule has 1 aliphatic rings. The minimum Gasteiger partial charge on any atom is -0.322 e. The zero-order valence-corrected chi connectivity index (χ0v) is 11.5.